The van der Waals surface area contributed by atoms with Gasteiger partial charge in [0.25, 0.3) is 0 Å². The predicted octanol–water partition coefficient (Wildman–Crippen LogP) is 3.72. The molecule has 0 radical (unpaired) electrons. The summed E-state index contributed by atoms with van der Waals surface area (Å²) in [5.41, 5.74) is 1.02. The molecule has 0 aliphatic carbocycles. The van der Waals surface area contributed by atoms with Crippen LogP contribution < -0.4 is 10.1 Å². The third-order valence-corrected chi connectivity index (χ3v) is 3.42. The Morgan fingerprint density at radius 3 is 2.57 bits per heavy atom. The van der Waals surface area contributed by atoms with Gasteiger partial charge in [-0.25, -0.2) is 0 Å². The Morgan fingerprint density at radius 1 is 1.38 bits per heavy atom. The Balaban J connectivity index is 2.65. The van der Waals surface area contributed by atoms with Crippen molar-refractivity contribution in [3.8, 4) is 5.75 Å². The van der Waals surface area contributed by atoms with E-state index >= 15 is 0 Å². The molecule has 0 aliphatic heterocycles. The maximum absolute atomic E-state index is 11.3. The molecule has 1 aromatic rings. The minimum Gasteiger partial charge on any atom is -0.497 e. The van der Waals surface area contributed by atoms with Crippen LogP contribution in [-0.4, -0.2) is 24.2 Å². The monoisotopic (exact) mass is 313 g/mol. The summed E-state index contributed by atoms with van der Waals surface area (Å²) in [6.07, 6.45) is 1.44. The van der Waals surface area contributed by atoms with E-state index in [-0.39, 0.29) is 5.41 Å². The van der Waals surface area contributed by atoms with E-state index in [0.717, 1.165) is 12.0 Å². The Hall–Kier alpha value is -1.26. The topological polar surface area (TPSA) is 58.6 Å². The van der Waals surface area contributed by atoms with Crippen LogP contribution in [-0.2, 0) is 11.3 Å². The van der Waals surface area contributed by atoms with Crippen LogP contribution in [0.25, 0.3) is 0 Å². The van der Waals surface area contributed by atoms with E-state index in [0.29, 0.717) is 23.7 Å². The molecule has 0 aliphatic rings. The number of ether oxygens (including phenoxy) is 1. The highest BCUT2D eigenvalue weighted by atomic mass is 35.5. The van der Waals surface area contributed by atoms with E-state index in [1.54, 1.807) is 19.2 Å². The number of hydrogen-bond donors (Lipinski definition) is 2. The quantitative estimate of drug-likeness (QED) is 0.805. The Labute approximate surface area is 131 Å². The van der Waals surface area contributed by atoms with Crippen molar-refractivity contribution in [2.24, 2.45) is 5.41 Å². The number of carboxylic acid groups (broad SMARTS) is 1. The zero-order valence-corrected chi connectivity index (χ0v) is 13.8. The third-order valence-electron chi connectivity index (χ3n) is 3.20. The SMILES string of the molecule is COc1cc(Cl)cc(CNC(CCC(C)(C)C)C(=O)O)c1. The maximum Gasteiger partial charge on any atom is 0.320 e. The van der Waals surface area contributed by atoms with Crippen molar-refractivity contribution in [1.82, 2.24) is 5.32 Å². The second-order valence-electron chi connectivity index (χ2n) is 6.37. The van der Waals surface area contributed by atoms with Gasteiger partial charge in [0, 0.05) is 11.6 Å². The Morgan fingerprint density at radius 2 is 2.05 bits per heavy atom. The van der Waals surface area contributed by atoms with Crippen molar-refractivity contribution in [3.63, 3.8) is 0 Å². The van der Waals surface area contributed by atoms with Gasteiger partial charge in [0.1, 0.15) is 11.8 Å². The first-order valence-electron chi connectivity index (χ1n) is 7.01. The first-order chi connectivity index (χ1) is 9.71. The van der Waals surface area contributed by atoms with Gasteiger partial charge in [-0.05, 0) is 42.0 Å². The fraction of sp³-hybridized carbons (Fsp3) is 0.562. The van der Waals surface area contributed by atoms with Crippen LogP contribution in [0.15, 0.2) is 18.2 Å². The highest BCUT2D eigenvalue weighted by molar-refractivity contribution is 6.30. The summed E-state index contributed by atoms with van der Waals surface area (Å²) < 4.78 is 5.15. The van der Waals surface area contributed by atoms with Crippen molar-refractivity contribution < 1.29 is 14.6 Å². The molecule has 0 heterocycles. The molecule has 0 bridgehead atoms. The van der Waals surface area contributed by atoms with Gasteiger partial charge in [-0.2, -0.15) is 0 Å². The molecule has 5 heteroatoms. The van der Waals surface area contributed by atoms with E-state index < -0.39 is 12.0 Å². The second-order valence-corrected chi connectivity index (χ2v) is 6.81. The van der Waals surface area contributed by atoms with Crippen LogP contribution in [0.3, 0.4) is 0 Å². The predicted molar refractivity (Wildman–Crippen MR) is 85.0 cm³/mol. The summed E-state index contributed by atoms with van der Waals surface area (Å²) in [5.74, 6) is -0.158. The summed E-state index contributed by atoms with van der Waals surface area (Å²) in [6, 6.07) is 4.81. The van der Waals surface area contributed by atoms with Crippen LogP contribution in [0, 0.1) is 5.41 Å². The lowest BCUT2D eigenvalue weighted by atomic mass is 9.88. The second kappa shape index (κ2) is 7.66. The molecular formula is C16H24ClNO3. The lowest BCUT2D eigenvalue weighted by Crippen LogP contribution is -2.37. The standard InChI is InChI=1S/C16H24ClNO3/c1-16(2,3)6-5-14(15(19)20)18-10-11-7-12(17)9-13(8-11)21-4/h7-9,14,18H,5-6,10H2,1-4H3,(H,19,20). The molecule has 0 aromatic heterocycles. The zero-order valence-electron chi connectivity index (χ0n) is 13.1. The van der Waals surface area contributed by atoms with Crippen molar-refractivity contribution in [2.45, 2.75) is 46.2 Å². The Bertz CT molecular complexity index is 483. The molecule has 1 atom stereocenters. The van der Waals surface area contributed by atoms with E-state index in [1.807, 2.05) is 6.07 Å². The number of rotatable bonds is 7. The molecule has 21 heavy (non-hydrogen) atoms. The molecule has 1 aromatic carbocycles. The number of carboxylic acids is 1. The molecular weight excluding hydrogens is 290 g/mol. The number of hydrogen-bond acceptors (Lipinski definition) is 3. The van der Waals surface area contributed by atoms with Gasteiger partial charge in [0.15, 0.2) is 0 Å². The number of halogens is 1. The average molecular weight is 314 g/mol. The maximum atomic E-state index is 11.3. The lowest BCUT2D eigenvalue weighted by Gasteiger charge is -2.21. The normalized spacial score (nSPS) is 13.0. The molecule has 1 unspecified atom stereocenters. The fourth-order valence-corrected chi connectivity index (χ4v) is 2.22. The number of benzene rings is 1. The summed E-state index contributed by atoms with van der Waals surface area (Å²) >= 11 is 6.00. The minimum absolute atomic E-state index is 0.120. The largest absolute Gasteiger partial charge is 0.497 e. The highest BCUT2D eigenvalue weighted by Gasteiger charge is 2.20. The summed E-state index contributed by atoms with van der Waals surface area (Å²) in [4.78, 5) is 11.3. The number of aliphatic carboxylic acids is 1. The van der Waals surface area contributed by atoms with Crippen LogP contribution >= 0.6 is 11.6 Å². The first-order valence-corrected chi connectivity index (χ1v) is 7.39. The summed E-state index contributed by atoms with van der Waals surface area (Å²) in [7, 11) is 1.58. The molecule has 0 spiro atoms. The van der Waals surface area contributed by atoms with Crippen LogP contribution in [0.5, 0.6) is 5.75 Å². The lowest BCUT2D eigenvalue weighted by molar-refractivity contribution is -0.139. The summed E-state index contributed by atoms with van der Waals surface area (Å²) in [6.45, 7) is 6.76. The molecule has 4 nitrogen and oxygen atoms in total. The summed E-state index contributed by atoms with van der Waals surface area (Å²) in [5, 5.41) is 12.9. The molecule has 2 N–H and O–H groups in total. The number of nitrogens with one attached hydrogen (secondary N) is 1. The van der Waals surface area contributed by atoms with E-state index in [2.05, 4.69) is 26.1 Å². The van der Waals surface area contributed by atoms with E-state index in [9.17, 15) is 9.90 Å². The average Bonchev–Trinajstić information content (AvgIpc) is 2.36. The molecule has 0 amide bonds. The van der Waals surface area contributed by atoms with E-state index in [4.69, 9.17) is 16.3 Å². The van der Waals surface area contributed by atoms with E-state index in [1.165, 1.54) is 0 Å². The van der Waals surface area contributed by atoms with Gasteiger partial charge in [-0.1, -0.05) is 32.4 Å². The smallest absolute Gasteiger partial charge is 0.320 e. The van der Waals surface area contributed by atoms with Crippen LogP contribution in [0.1, 0.15) is 39.2 Å². The van der Waals surface area contributed by atoms with Crippen LogP contribution in [0.4, 0.5) is 0 Å². The van der Waals surface area contributed by atoms with Gasteiger partial charge in [0.2, 0.25) is 0 Å². The van der Waals surface area contributed by atoms with Gasteiger partial charge in [-0.3, -0.25) is 4.79 Å². The van der Waals surface area contributed by atoms with Crippen molar-refractivity contribution in [2.75, 3.05) is 7.11 Å². The third kappa shape index (κ3) is 6.82. The molecule has 0 saturated carbocycles. The molecule has 0 saturated heterocycles. The molecule has 118 valence electrons. The number of methoxy groups -OCH3 is 1. The van der Waals surface area contributed by atoms with Crippen molar-refractivity contribution >= 4 is 17.6 Å². The zero-order chi connectivity index (χ0) is 16.0. The molecule has 0 fully saturated rings. The first kappa shape index (κ1) is 17.8. The highest BCUT2D eigenvalue weighted by Crippen LogP contribution is 2.23. The van der Waals surface area contributed by atoms with Gasteiger partial charge >= 0.3 is 5.97 Å². The van der Waals surface area contributed by atoms with Gasteiger partial charge in [0.05, 0.1) is 7.11 Å². The fourth-order valence-electron chi connectivity index (χ4n) is 1.97. The van der Waals surface area contributed by atoms with Gasteiger partial charge < -0.3 is 15.2 Å². The van der Waals surface area contributed by atoms with Crippen molar-refractivity contribution in [3.05, 3.63) is 28.8 Å². The van der Waals surface area contributed by atoms with Gasteiger partial charge in [-0.15, -0.1) is 0 Å². The van der Waals surface area contributed by atoms with Crippen LogP contribution in [0.2, 0.25) is 5.02 Å². The Kier molecular flexibility index (Phi) is 6.49. The van der Waals surface area contributed by atoms with Crippen molar-refractivity contribution in [1.29, 1.82) is 0 Å². The molecule has 1 rings (SSSR count). The minimum atomic E-state index is -0.826. The number of carbonyl (C=O) groups is 1.